The van der Waals surface area contributed by atoms with E-state index in [1.165, 1.54) is 27.8 Å². The fourth-order valence-electron chi connectivity index (χ4n) is 2.95. The summed E-state index contributed by atoms with van der Waals surface area (Å²) in [5, 5.41) is 1.89. The van der Waals surface area contributed by atoms with Gasteiger partial charge in [-0.1, -0.05) is 18.2 Å². The number of morpholine rings is 1. The van der Waals surface area contributed by atoms with Gasteiger partial charge >= 0.3 is 0 Å². The van der Waals surface area contributed by atoms with E-state index >= 15 is 0 Å². The van der Waals surface area contributed by atoms with Crippen LogP contribution in [0.4, 0.5) is 4.39 Å². The fraction of sp³-hybridized carbons (Fsp3) is 0.412. The second-order valence-corrected chi connectivity index (χ2v) is 8.88. The number of nitrogens with one attached hydrogen (secondary N) is 1. The Morgan fingerprint density at radius 1 is 1.20 bits per heavy atom. The molecule has 1 aliphatic rings. The maximum Gasteiger partial charge on any atom is 0.280 e. The molecule has 0 saturated carbocycles. The van der Waals surface area contributed by atoms with Gasteiger partial charge in [0.15, 0.2) is 0 Å². The van der Waals surface area contributed by atoms with Crippen LogP contribution in [0, 0.1) is 5.82 Å². The summed E-state index contributed by atoms with van der Waals surface area (Å²) in [5.74, 6) is -0.354. The average molecular weight is 384 g/mol. The predicted molar refractivity (Wildman–Crippen MR) is 96.2 cm³/mol. The molecule has 1 saturated heterocycles. The van der Waals surface area contributed by atoms with E-state index in [0.717, 1.165) is 4.88 Å². The van der Waals surface area contributed by atoms with Crippen LogP contribution in [0.15, 0.2) is 41.8 Å². The van der Waals surface area contributed by atoms with Crippen LogP contribution in [0.3, 0.4) is 0 Å². The maximum absolute atomic E-state index is 13.2. The SMILES string of the molecule is C[C@@H]1CN(S(=O)(=O)N[C@@H](c2ccc(F)cc2)c2cccs2)C[C@H](C)O1. The van der Waals surface area contributed by atoms with Gasteiger partial charge in [0.25, 0.3) is 10.2 Å². The first kappa shape index (κ1) is 18.5. The largest absolute Gasteiger partial charge is 0.373 e. The predicted octanol–water partition coefficient (Wildman–Crippen LogP) is 2.92. The molecule has 0 radical (unpaired) electrons. The van der Waals surface area contributed by atoms with Gasteiger partial charge in [-0.25, -0.2) is 4.39 Å². The molecule has 0 amide bonds. The van der Waals surface area contributed by atoms with Crippen LogP contribution in [-0.4, -0.2) is 38.0 Å². The van der Waals surface area contributed by atoms with Gasteiger partial charge in [-0.05, 0) is 43.0 Å². The molecule has 1 N–H and O–H groups in total. The van der Waals surface area contributed by atoms with Gasteiger partial charge in [0.2, 0.25) is 0 Å². The molecule has 136 valence electrons. The van der Waals surface area contributed by atoms with Gasteiger partial charge in [-0.2, -0.15) is 17.4 Å². The second kappa shape index (κ2) is 7.51. The van der Waals surface area contributed by atoms with Gasteiger partial charge in [-0.3, -0.25) is 0 Å². The first-order valence-electron chi connectivity index (χ1n) is 8.07. The van der Waals surface area contributed by atoms with Crippen molar-refractivity contribution < 1.29 is 17.5 Å². The summed E-state index contributed by atoms with van der Waals surface area (Å²) in [4.78, 5) is 0.851. The van der Waals surface area contributed by atoms with E-state index in [-0.39, 0.29) is 18.0 Å². The zero-order valence-electron chi connectivity index (χ0n) is 14.1. The number of halogens is 1. The van der Waals surface area contributed by atoms with Crippen LogP contribution in [-0.2, 0) is 14.9 Å². The van der Waals surface area contributed by atoms with E-state index in [9.17, 15) is 12.8 Å². The molecular weight excluding hydrogens is 363 g/mol. The lowest BCUT2D eigenvalue weighted by atomic mass is 10.1. The van der Waals surface area contributed by atoms with Crippen molar-refractivity contribution in [1.82, 2.24) is 9.03 Å². The molecule has 0 spiro atoms. The Morgan fingerprint density at radius 3 is 2.40 bits per heavy atom. The highest BCUT2D eigenvalue weighted by atomic mass is 32.2. The van der Waals surface area contributed by atoms with Crippen molar-refractivity contribution in [3.05, 3.63) is 58.0 Å². The Labute approximate surface area is 151 Å². The second-order valence-electron chi connectivity index (χ2n) is 6.20. The molecule has 1 aromatic heterocycles. The first-order valence-corrected chi connectivity index (χ1v) is 10.4. The number of thiophene rings is 1. The number of nitrogens with zero attached hydrogens (tertiary/aromatic N) is 1. The van der Waals surface area contributed by atoms with Gasteiger partial charge in [-0.15, -0.1) is 11.3 Å². The molecular formula is C17H21FN2O3S2. The molecule has 0 bridgehead atoms. The van der Waals surface area contributed by atoms with Gasteiger partial charge < -0.3 is 4.74 Å². The van der Waals surface area contributed by atoms with Crippen molar-refractivity contribution >= 4 is 21.5 Å². The number of ether oxygens (including phenoxy) is 1. The number of benzene rings is 1. The van der Waals surface area contributed by atoms with E-state index in [0.29, 0.717) is 18.7 Å². The summed E-state index contributed by atoms with van der Waals surface area (Å²) in [7, 11) is -3.72. The van der Waals surface area contributed by atoms with Gasteiger partial charge in [0.1, 0.15) is 5.82 Å². The Kier molecular flexibility index (Phi) is 5.55. The van der Waals surface area contributed by atoms with Gasteiger partial charge in [0, 0.05) is 18.0 Å². The van der Waals surface area contributed by atoms with Crippen molar-refractivity contribution in [2.45, 2.75) is 32.1 Å². The first-order chi connectivity index (χ1) is 11.8. The Hall–Kier alpha value is -1.32. The van der Waals surface area contributed by atoms with Crippen molar-refractivity contribution in [3.8, 4) is 0 Å². The summed E-state index contributed by atoms with van der Waals surface area (Å²) < 4.78 is 48.9. The molecule has 5 nitrogen and oxygen atoms in total. The van der Waals surface area contributed by atoms with Crippen molar-refractivity contribution in [2.24, 2.45) is 0 Å². The molecule has 1 aromatic carbocycles. The van der Waals surface area contributed by atoms with Crippen LogP contribution < -0.4 is 4.72 Å². The smallest absolute Gasteiger partial charge is 0.280 e. The minimum absolute atomic E-state index is 0.161. The number of hydrogen-bond donors (Lipinski definition) is 1. The molecule has 2 aromatic rings. The molecule has 8 heteroatoms. The Morgan fingerprint density at radius 2 is 1.84 bits per heavy atom. The zero-order valence-corrected chi connectivity index (χ0v) is 15.7. The Bertz CT molecular complexity index is 784. The normalized spacial score (nSPS) is 23.5. The molecule has 0 unspecified atom stereocenters. The quantitative estimate of drug-likeness (QED) is 0.862. The standard InChI is InChI=1S/C17H21FN2O3S2/c1-12-10-20(11-13(2)23-12)25(21,22)19-17(16-4-3-9-24-16)14-5-7-15(18)8-6-14/h3-9,12-13,17,19H,10-11H2,1-2H3/t12-,13+,17-/m0/s1. The third-order valence-electron chi connectivity index (χ3n) is 4.02. The van der Waals surface area contributed by atoms with Crippen LogP contribution >= 0.6 is 11.3 Å². The fourth-order valence-corrected chi connectivity index (χ4v) is 5.35. The molecule has 1 fully saturated rings. The van der Waals surface area contributed by atoms with E-state index in [1.807, 2.05) is 31.4 Å². The molecule has 2 heterocycles. The van der Waals surface area contributed by atoms with Crippen molar-refractivity contribution in [2.75, 3.05) is 13.1 Å². The minimum Gasteiger partial charge on any atom is -0.373 e. The van der Waals surface area contributed by atoms with Crippen molar-refractivity contribution in [1.29, 1.82) is 0 Å². The van der Waals surface area contributed by atoms with Crippen molar-refractivity contribution in [3.63, 3.8) is 0 Å². The van der Waals surface area contributed by atoms with E-state index < -0.39 is 16.3 Å². The highest BCUT2D eigenvalue weighted by Gasteiger charge is 2.33. The lowest BCUT2D eigenvalue weighted by Crippen LogP contribution is -2.52. The number of rotatable bonds is 5. The summed E-state index contributed by atoms with van der Waals surface area (Å²) >= 11 is 1.45. The van der Waals surface area contributed by atoms with E-state index in [1.54, 1.807) is 12.1 Å². The van der Waals surface area contributed by atoms with E-state index in [2.05, 4.69) is 4.72 Å². The highest BCUT2D eigenvalue weighted by Crippen LogP contribution is 2.28. The lowest BCUT2D eigenvalue weighted by molar-refractivity contribution is -0.0444. The van der Waals surface area contributed by atoms with Crippen LogP contribution in [0.1, 0.15) is 30.3 Å². The third-order valence-corrected chi connectivity index (χ3v) is 6.47. The third kappa shape index (κ3) is 4.45. The molecule has 1 aliphatic heterocycles. The molecule has 3 atom stereocenters. The summed E-state index contributed by atoms with van der Waals surface area (Å²) in [6, 6.07) is 9.06. The lowest BCUT2D eigenvalue weighted by Gasteiger charge is -2.35. The Balaban J connectivity index is 1.88. The zero-order chi connectivity index (χ0) is 18.0. The van der Waals surface area contributed by atoms with Crippen LogP contribution in [0.25, 0.3) is 0 Å². The highest BCUT2D eigenvalue weighted by molar-refractivity contribution is 7.87. The van der Waals surface area contributed by atoms with Crippen LogP contribution in [0.5, 0.6) is 0 Å². The minimum atomic E-state index is -3.72. The van der Waals surface area contributed by atoms with E-state index in [4.69, 9.17) is 4.74 Å². The molecule has 25 heavy (non-hydrogen) atoms. The van der Waals surface area contributed by atoms with Crippen LogP contribution in [0.2, 0.25) is 0 Å². The summed E-state index contributed by atoms with van der Waals surface area (Å²) in [6.45, 7) is 4.32. The maximum atomic E-state index is 13.2. The molecule has 3 rings (SSSR count). The monoisotopic (exact) mass is 384 g/mol. The average Bonchev–Trinajstić information content (AvgIpc) is 3.07. The topological polar surface area (TPSA) is 58.6 Å². The summed E-state index contributed by atoms with van der Waals surface area (Å²) in [5.41, 5.74) is 0.696. The number of hydrogen-bond acceptors (Lipinski definition) is 4. The van der Waals surface area contributed by atoms with Gasteiger partial charge in [0.05, 0.1) is 18.2 Å². The summed E-state index contributed by atoms with van der Waals surface area (Å²) in [6.07, 6.45) is -0.322. The molecule has 0 aliphatic carbocycles.